The first kappa shape index (κ1) is 9.58. The minimum atomic E-state index is 0. The van der Waals surface area contributed by atoms with Gasteiger partial charge in [-0.25, -0.2) is 4.98 Å². The molecule has 2 rings (SSSR count). The molecule has 0 spiro atoms. The topological polar surface area (TPSA) is 38.9 Å². The van der Waals surface area contributed by atoms with E-state index in [-0.39, 0.29) is 12.4 Å². The summed E-state index contributed by atoms with van der Waals surface area (Å²) in [4.78, 5) is 4.09. The molecule has 0 saturated carbocycles. The summed E-state index contributed by atoms with van der Waals surface area (Å²) in [6, 6.07) is 5.57. The Bertz CT molecular complexity index is 399. The Morgan fingerprint density at radius 2 is 2.17 bits per heavy atom. The van der Waals surface area contributed by atoms with Gasteiger partial charge in [-0.3, -0.25) is 0 Å². The van der Waals surface area contributed by atoms with Crippen molar-refractivity contribution in [2.75, 3.05) is 5.73 Å². The van der Waals surface area contributed by atoms with E-state index in [2.05, 4.69) is 4.98 Å². The van der Waals surface area contributed by atoms with Crippen LogP contribution in [0.5, 0.6) is 0 Å². The van der Waals surface area contributed by atoms with E-state index < -0.39 is 0 Å². The number of nitrogen functional groups attached to an aromatic ring is 1. The minimum absolute atomic E-state index is 0. The monoisotopic (exact) mass is 220 g/mol. The van der Waals surface area contributed by atoms with Crippen LogP contribution in [-0.4, -0.2) is 4.98 Å². The number of hydrogen-bond acceptors (Lipinski definition) is 3. The maximum atomic E-state index is 5.75. The van der Waals surface area contributed by atoms with E-state index in [0.29, 0.717) is 10.2 Å². The predicted octanol–water partition coefficient (Wildman–Crippen LogP) is 2.95. The molecule has 0 aliphatic heterocycles. The van der Waals surface area contributed by atoms with Crippen LogP contribution in [0.4, 0.5) is 5.13 Å². The van der Waals surface area contributed by atoms with E-state index in [0.717, 1.165) is 10.2 Å². The van der Waals surface area contributed by atoms with Crippen molar-refractivity contribution in [1.29, 1.82) is 0 Å². The third kappa shape index (κ3) is 1.63. The largest absolute Gasteiger partial charge is 0.375 e. The third-order valence-corrected chi connectivity index (χ3v) is 2.47. The summed E-state index contributed by atoms with van der Waals surface area (Å²) in [5.41, 5.74) is 6.38. The molecular weight excluding hydrogens is 215 g/mol. The normalized spacial score (nSPS) is 9.75. The number of aromatic nitrogens is 1. The van der Waals surface area contributed by atoms with Crippen molar-refractivity contribution in [2.45, 2.75) is 0 Å². The number of nitrogens with two attached hydrogens (primary N) is 1. The lowest BCUT2D eigenvalue weighted by molar-refractivity contribution is 1.50. The highest BCUT2D eigenvalue weighted by molar-refractivity contribution is 7.22. The molecule has 0 aliphatic carbocycles. The van der Waals surface area contributed by atoms with E-state index in [4.69, 9.17) is 17.3 Å². The molecule has 0 bridgehead atoms. The molecule has 0 saturated heterocycles. The van der Waals surface area contributed by atoms with Gasteiger partial charge in [0.2, 0.25) is 0 Å². The van der Waals surface area contributed by atoms with Gasteiger partial charge in [0.15, 0.2) is 5.13 Å². The van der Waals surface area contributed by atoms with E-state index in [1.807, 2.05) is 18.2 Å². The van der Waals surface area contributed by atoms with Crippen LogP contribution in [-0.2, 0) is 0 Å². The fourth-order valence-electron chi connectivity index (χ4n) is 0.918. The van der Waals surface area contributed by atoms with Crippen LogP contribution in [0.15, 0.2) is 18.2 Å². The van der Waals surface area contributed by atoms with Crippen LogP contribution in [0, 0.1) is 0 Å². The Morgan fingerprint density at radius 3 is 2.92 bits per heavy atom. The Labute approximate surface area is 84.8 Å². The van der Waals surface area contributed by atoms with Crippen LogP contribution in [0.3, 0.4) is 0 Å². The van der Waals surface area contributed by atoms with Crippen molar-refractivity contribution in [3.63, 3.8) is 0 Å². The summed E-state index contributed by atoms with van der Waals surface area (Å²) in [6.07, 6.45) is 0. The predicted molar refractivity (Wildman–Crippen MR) is 56.3 cm³/mol. The van der Waals surface area contributed by atoms with Crippen molar-refractivity contribution in [3.05, 3.63) is 23.2 Å². The van der Waals surface area contributed by atoms with Gasteiger partial charge in [-0.15, -0.1) is 12.4 Å². The molecule has 1 aromatic heterocycles. The number of thiazole rings is 1. The first-order chi connectivity index (χ1) is 5.25. The summed E-state index contributed by atoms with van der Waals surface area (Å²) in [7, 11) is 0. The van der Waals surface area contributed by atoms with Crippen LogP contribution < -0.4 is 5.73 Å². The van der Waals surface area contributed by atoms with E-state index in [9.17, 15) is 0 Å². The lowest BCUT2D eigenvalue weighted by Crippen LogP contribution is -1.78. The Balaban J connectivity index is 0.000000720. The average molecular weight is 221 g/mol. The molecule has 0 aliphatic rings. The molecule has 2 N–H and O–H groups in total. The fraction of sp³-hybridized carbons (Fsp3) is 0. The number of rotatable bonds is 0. The van der Waals surface area contributed by atoms with Gasteiger partial charge < -0.3 is 5.73 Å². The quantitative estimate of drug-likeness (QED) is 0.742. The summed E-state index contributed by atoms with van der Waals surface area (Å²) in [5.74, 6) is 0. The van der Waals surface area contributed by atoms with Gasteiger partial charge in [0, 0.05) is 5.02 Å². The molecule has 1 aromatic carbocycles. The molecule has 0 radical (unpaired) electrons. The second kappa shape index (κ2) is 3.47. The zero-order valence-corrected chi connectivity index (χ0v) is 8.34. The molecule has 12 heavy (non-hydrogen) atoms. The summed E-state index contributed by atoms with van der Waals surface area (Å²) in [5, 5.41) is 1.28. The first-order valence-corrected chi connectivity index (χ1v) is 4.27. The smallest absolute Gasteiger partial charge is 0.181 e. The van der Waals surface area contributed by atoms with Crippen molar-refractivity contribution in [1.82, 2.24) is 4.98 Å². The molecule has 0 unspecified atom stereocenters. The van der Waals surface area contributed by atoms with Crippen LogP contribution >= 0.6 is 35.3 Å². The Hall–Kier alpha value is -0.510. The zero-order chi connectivity index (χ0) is 7.84. The van der Waals surface area contributed by atoms with Gasteiger partial charge in [-0.1, -0.05) is 22.9 Å². The lowest BCUT2D eigenvalue weighted by atomic mass is 10.3. The molecule has 2 aromatic rings. The van der Waals surface area contributed by atoms with Crippen LogP contribution in [0.25, 0.3) is 10.2 Å². The molecule has 2 nitrogen and oxygen atoms in total. The molecule has 5 heteroatoms. The Morgan fingerprint density at radius 1 is 1.42 bits per heavy atom. The maximum absolute atomic E-state index is 5.75. The molecule has 0 atom stereocenters. The van der Waals surface area contributed by atoms with E-state index in [1.165, 1.54) is 11.3 Å². The highest BCUT2D eigenvalue weighted by atomic mass is 35.5. The highest BCUT2D eigenvalue weighted by Crippen LogP contribution is 2.25. The summed E-state index contributed by atoms with van der Waals surface area (Å²) in [6.45, 7) is 0. The second-order valence-corrected chi connectivity index (χ2v) is 3.66. The first-order valence-electron chi connectivity index (χ1n) is 3.07. The Kier molecular flexibility index (Phi) is 2.77. The van der Waals surface area contributed by atoms with Gasteiger partial charge in [-0.2, -0.15) is 0 Å². The van der Waals surface area contributed by atoms with Gasteiger partial charge in [0.05, 0.1) is 10.2 Å². The van der Waals surface area contributed by atoms with Gasteiger partial charge in [-0.05, 0) is 18.2 Å². The van der Waals surface area contributed by atoms with Gasteiger partial charge >= 0.3 is 0 Å². The number of fused-ring (bicyclic) bond motifs is 1. The molecular formula is C7H6Cl2N2S. The standard InChI is InChI=1S/C7H5ClN2S.ClH/c8-4-1-2-6-5(3-4)10-7(9)11-6;/h1-3H,(H2,9,10);1H. The van der Waals surface area contributed by atoms with Crippen molar-refractivity contribution >= 4 is 50.7 Å². The van der Waals surface area contributed by atoms with E-state index in [1.54, 1.807) is 0 Å². The highest BCUT2D eigenvalue weighted by Gasteiger charge is 1.99. The van der Waals surface area contributed by atoms with E-state index >= 15 is 0 Å². The van der Waals surface area contributed by atoms with Gasteiger partial charge in [0.25, 0.3) is 0 Å². The summed E-state index contributed by atoms with van der Waals surface area (Å²) < 4.78 is 1.08. The lowest BCUT2D eigenvalue weighted by Gasteiger charge is -1.86. The third-order valence-electron chi connectivity index (χ3n) is 1.37. The van der Waals surface area contributed by atoms with Crippen LogP contribution in [0.2, 0.25) is 5.02 Å². The second-order valence-electron chi connectivity index (χ2n) is 2.16. The fourth-order valence-corrected chi connectivity index (χ4v) is 1.80. The maximum Gasteiger partial charge on any atom is 0.181 e. The van der Waals surface area contributed by atoms with Gasteiger partial charge in [0.1, 0.15) is 0 Å². The number of anilines is 1. The zero-order valence-electron chi connectivity index (χ0n) is 5.95. The molecule has 0 fully saturated rings. The number of nitrogens with zero attached hydrogens (tertiary/aromatic N) is 1. The van der Waals surface area contributed by atoms with Crippen molar-refractivity contribution in [2.24, 2.45) is 0 Å². The molecule has 0 amide bonds. The minimum Gasteiger partial charge on any atom is -0.375 e. The van der Waals surface area contributed by atoms with Crippen molar-refractivity contribution in [3.8, 4) is 0 Å². The molecule has 64 valence electrons. The van der Waals surface area contributed by atoms with Crippen LogP contribution in [0.1, 0.15) is 0 Å². The average Bonchev–Trinajstić information content (AvgIpc) is 2.27. The number of benzene rings is 1. The van der Waals surface area contributed by atoms with Crippen molar-refractivity contribution < 1.29 is 0 Å². The number of halogens is 2. The SMILES string of the molecule is Cl.Nc1nc2cc(Cl)ccc2s1. The number of hydrogen-bond donors (Lipinski definition) is 1. The summed E-state index contributed by atoms with van der Waals surface area (Å²) >= 11 is 7.22. The molecule has 1 heterocycles.